The van der Waals surface area contributed by atoms with Crippen molar-refractivity contribution >= 4 is 5.97 Å². The number of allylic oxidation sites excluding steroid dienone is 1. The van der Waals surface area contributed by atoms with Crippen molar-refractivity contribution in [2.75, 3.05) is 6.61 Å². The van der Waals surface area contributed by atoms with E-state index in [-0.39, 0.29) is 11.4 Å². The van der Waals surface area contributed by atoms with E-state index >= 15 is 0 Å². The average Bonchev–Trinajstić information content (AvgIpc) is 2.36. The maximum absolute atomic E-state index is 11.7. The molecule has 106 valence electrons. The summed E-state index contributed by atoms with van der Waals surface area (Å²) in [7, 11) is 0. The van der Waals surface area contributed by atoms with Crippen LogP contribution in [-0.4, -0.2) is 12.6 Å². The molecule has 0 aliphatic carbocycles. The van der Waals surface area contributed by atoms with Crippen LogP contribution in [0.5, 0.6) is 0 Å². The Morgan fingerprint density at radius 3 is 2.22 bits per heavy atom. The van der Waals surface area contributed by atoms with Gasteiger partial charge in [0.2, 0.25) is 0 Å². The summed E-state index contributed by atoms with van der Waals surface area (Å²) < 4.78 is 5.29. The summed E-state index contributed by atoms with van der Waals surface area (Å²) in [6.07, 6.45) is 11.2. The first-order chi connectivity index (χ1) is 8.54. The SMILES string of the molecule is C=CCCCCCCCCOC(=O)C(C)(C)CC. The lowest BCUT2D eigenvalue weighted by molar-refractivity contribution is -0.154. The molecule has 2 nitrogen and oxygen atoms in total. The minimum absolute atomic E-state index is 0.0593. The Morgan fingerprint density at radius 2 is 1.67 bits per heavy atom. The lowest BCUT2D eigenvalue weighted by Crippen LogP contribution is -2.26. The van der Waals surface area contributed by atoms with Gasteiger partial charge in [0.1, 0.15) is 0 Å². The Morgan fingerprint density at radius 1 is 1.11 bits per heavy atom. The number of hydrogen-bond donors (Lipinski definition) is 0. The van der Waals surface area contributed by atoms with Crippen molar-refractivity contribution in [3.05, 3.63) is 12.7 Å². The van der Waals surface area contributed by atoms with Crippen LogP contribution < -0.4 is 0 Å². The predicted molar refractivity (Wildman–Crippen MR) is 77.5 cm³/mol. The predicted octanol–water partition coefficient (Wildman–Crippen LogP) is 4.88. The van der Waals surface area contributed by atoms with Gasteiger partial charge in [0.15, 0.2) is 0 Å². The van der Waals surface area contributed by atoms with Crippen molar-refractivity contribution in [3.63, 3.8) is 0 Å². The molecule has 0 amide bonds. The van der Waals surface area contributed by atoms with Crippen molar-refractivity contribution in [1.29, 1.82) is 0 Å². The van der Waals surface area contributed by atoms with Crippen LogP contribution in [0, 0.1) is 5.41 Å². The number of carbonyl (C=O) groups excluding carboxylic acids is 1. The number of ether oxygens (including phenoxy) is 1. The van der Waals surface area contributed by atoms with Crippen molar-refractivity contribution in [2.24, 2.45) is 5.41 Å². The molecule has 0 rings (SSSR count). The number of esters is 1. The summed E-state index contributed by atoms with van der Waals surface area (Å²) in [5.41, 5.74) is -0.329. The molecular weight excluding hydrogens is 224 g/mol. The Hall–Kier alpha value is -0.790. The first-order valence-corrected chi connectivity index (χ1v) is 7.32. The molecule has 0 aromatic carbocycles. The highest BCUT2D eigenvalue weighted by Crippen LogP contribution is 2.21. The molecule has 0 aromatic rings. The minimum Gasteiger partial charge on any atom is -0.465 e. The number of rotatable bonds is 11. The molecule has 0 aromatic heterocycles. The Balaban J connectivity index is 3.35. The summed E-state index contributed by atoms with van der Waals surface area (Å²) in [5.74, 6) is -0.0593. The molecule has 0 aliphatic rings. The molecular formula is C16H30O2. The zero-order chi connectivity index (χ0) is 13.9. The van der Waals surface area contributed by atoms with Gasteiger partial charge in [0, 0.05) is 0 Å². The number of carbonyl (C=O) groups is 1. The fourth-order valence-corrected chi connectivity index (χ4v) is 1.60. The van der Waals surface area contributed by atoms with Crippen LogP contribution in [0.4, 0.5) is 0 Å². The monoisotopic (exact) mass is 254 g/mol. The van der Waals surface area contributed by atoms with Crippen LogP contribution in [0.1, 0.15) is 72.1 Å². The summed E-state index contributed by atoms with van der Waals surface area (Å²) in [6.45, 7) is 10.2. The molecule has 0 saturated carbocycles. The van der Waals surface area contributed by atoms with Gasteiger partial charge in [-0.2, -0.15) is 0 Å². The molecule has 2 heteroatoms. The van der Waals surface area contributed by atoms with Gasteiger partial charge in [-0.1, -0.05) is 38.7 Å². The first kappa shape index (κ1) is 17.2. The van der Waals surface area contributed by atoms with E-state index in [0.29, 0.717) is 6.61 Å². The van der Waals surface area contributed by atoms with Crippen molar-refractivity contribution in [2.45, 2.75) is 72.1 Å². The topological polar surface area (TPSA) is 26.3 Å². The van der Waals surface area contributed by atoms with Crippen molar-refractivity contribution < 1.29 is 9.53 Å². The summed E-state index contributed by atoms with van der Waals surface area (Å²) in [6, 6.07) is 0. The third-order valence-corrected chi connectivity index (χ3v) is 3.47. The molecule has 0 aliphatic heterocycles. The van der Waals surface area contributed by atoms with Crippen molar-refractivity contribution in [3.8, 4) is 0 Å². The van der Waals surface area contributed by atoms with Gasteiger partial charge in [-0.25, -0.2) is 0 Å². The molecule has 18 heavy (non-hydrogen) atoms. The van der Waals surface area contributed by atoms with Gasteiger partial charge in [0.25, 0.3) is 0 Å². The van der Waals surface area contributed by atoms with Crippen LogP contribution in [0.3, 0.4) is 0 Å². The van der Waals surface area contributed by atoms with Crippen LogP contribution >= 0.6 is 0 Å². The number of unbranched alkanes of at least 4 members (excludes halogenated alkanes) is 6. The molecule has 0 saturated heterocycles. The summed E-state index contributed by atoms with van der Waals surface area (Å²) in [4.78, 5) is 11.7. The van der Waals surface area contributed by atoms with Crippen LogP contribution in [0.2, 0.25) is 0 Å². The van der Waals surface area contributed by atoms with Gasteiger partial charge in [-0.05, 0) is 39.5 Å². The van der Waals surface area contributed by atoms with E-state index in [1.165, 1.54) is 25.7 Å². The second-order valence-corrected chi connectivity index (χ2v) is 5.57. The van der Waals surface area contributed by atoms with E-state index in [0.717, 1.165) is 25.7 Å². The second-order valence-electron chi connectivity index (χ2n) is 5.57. The van der Waals surface area contributed by atoms with Gasteiger partial charge in [-0.15, -0.1) is 6.58 Å². The van der Waals surface area contributed by atoms with Crippen molar-refractivity contribution in [1.82, 2.24) is 0 Å². The number of hydrogen-bond acceptors (Lipinski definition) is 2. The summed E-state index contributed by atoms with van der Waals surface area (Å²) in [5, 5.41) is 0. The molecule has 0 bridgehead atoms. The van der Waals surface area contributed by atoms with E-state index < -0.39 is 0 Å². The molecule has 0 heterocycles. The van der Waals surface area contributed by atoms with Crippen LogP contribution in [0.25, 0.3) is 0 Å². The molecule has 0 N–H and O–H groups in total. The second kappa shape index (κ2) is 10.2. The Bertz CT molecular complexity index is 231. The maximum Gasteiger partial charge on any atom is 0.311 e. The van der Waals surface area contributed by atoms with Crippen LogP contribution in [0.15, 0.2) is 12.7 Å². The van der Waals surface area contributed by atoms with E-state index in [2.05, 4.69) is 6.58 Å². The van der Waals surface area contributed by atoms with E-state index in [1.54, 1.807) is 0 Å². The third kappa shape index (κ3) is 8.32. The Labute approximate surface area is 113 Å². The largest absolute Gasteiger partial charge is 0.465 e. The quantitative estimate of drug-likeness (QED) is 0.298. The van der Waals surface area contributed by atoms with Gasteiger partial charge >= 0.3 is 5.97 Å². The molecule has 0 atom stereocenters. The third-order valence-electron chi connectivity index (χ3n) is 3.47. The molecule has 0 unspecified atom stereocenters. The van der Waals surface area contributed by atoms with Crippen LogP contribution in [-0.2, 0) is 9.53 Å². The van der Waals surface area contributed by atoms with E-state index in [1.807, 2.05) is 26.8 Å². The van der Waals surface area contributed by atoms with Gasteiger partial charge in [-0.3, -0.25) is 4.79 Å². The fraction of sp³-hybridized carbons (Fsp3) is 0.812. The molecule has 0 fully saturated rings. The lowest BCUT2D eigenvalue weighted by Gasteiger charge is -2.20. The highest BCUT2D eigenvalue weighted by molar-refractivity contribution is 5.75. The first-order valence-electron chi connectivity index (χ1n) is 7.32. The normalized spacial score (nSPS) is 11.3. The average molecular weight is 254 g/mol. The van der Waals surface area contributed by atoms with E-state index in [9.17, 15) is 4.79 Å². The fourth-order valence-electron chi connectivity index (χ4n) is 1.60. The van der Waals surface area contributed by atoms with Gasteiger partial charge in [0.05, 0.1) is 12.0 Å². The minimum atomic E-state index is -0.329. The standard InChI is InChI=1S/C16H30O2/c1-5-7-8-9-10-11-12-13-14-18-15(17)16(3,4)6-2/h5H,1,6-14H2,2-4H3. The smallest absolute Gasteiger partial charge is 0.311 e. The van der Waals surface area contributed by atoms with Gasteiger partial charge < -0.3 is 4.74 Å². The highest BCUT2D eigenvalue weighted by Gasteiger charge is 2.26. The zero-order valence-electron chi connectivity index (χ0n) is 12.5. The Kier molecular flexibility index (Phi) is 9.72. The molecule has 0 spiro atoms. The zero-order valence-corrected chi connectivity index (χ0v) is 12.5. The highest BCUT2D eigenvalue weighted by atomic mass is 16.5. The maximum atomic E-state index is 11.7. The van der Waals surface area contributed by atoms with E-state index in [4.69, 9.17) is 4.74 Å². The lowest BCUT2D eigenvalue weighted by atomic mass is 9.91. The molecule has 0 radical (unpaired) electrons. The summed E-state index contributed by atoms with van der Waals surface area (Å²) >= 11 is 0.